The second kappa shape index (κ2) is 11.3. The topological polar surface area (TPSA) is 48.0 Å². The first-order valence-corrected chi connectivity index (χ1v) is 20.1. The van der Waals surface area contributed by atoms with E-state index in [0.717, 1.165) is 22.6 Å². The van der Waals surface area contributed by atoms with Gasteiger partial charge in [-0.05, 0) is 0 Å². The molecule has 0 saturated heterocycles. The number of imidazole rings is 1. The fourth-order valence-corrected chi connectivity index (χ4v) is 20.8. The van der Waals surface area contributed by atoms with Gasteiger partial charge in [-0.25, -0.2) is 0 Å². The van der Waals surface area contributed by atoms with Gasteiger partial charge in [-0.1, -0.05) is 0 Å². The van der Waals surface area contributed by atoms with E-state index in [2.05, 4.69) is 84.3 Å². The zero-order chi connectivity index (χ0) is 23.1. The molecule has 0 amide bonds. The van der Waals surface area contributed by atoms with E-state index in [1.54, 1.807) is 14.5 Å². The summed E-state index contributed by atoms with van der Waals surface area (Å²) < 4.78 is 10.2. The average molecular weight is 550 g/mol. The summed E-state index contributed by atoms with van der Waals surface area (Å²) in [6.45, 7) is 7.03. The SMILES string of the molecule is CCC[CH2][Sn]([CH2]CCC)([CH2]CCC)[c]1ccc2nc(-c3ccc(-n4ccnn4)cc3)cn2c1. The van der Waals surface area contributed by atoms with Crippen LogP contribution in [0.3, 0.4) is 0 Å². The van der Waals surface area contributed by atoms with Crippen molar-refractivity contribution in [3.8, 4) is 16.9 Å². The minimum atomic E-state index is -2.45. The molecule has 3 heterocycles. The third-order valence-electron chi connectivity index (χ3n) is 6.94. The van der Waals surface area contributed by atoms with E-state index < -0.39 is 18.4 Å². The quantitative estimate of drug-likeness (QED) is 0.186. The molecule has 0 spiro atoms. The van der Waals surface area contributed by atoms with Crippen LogP contribution in [0.1, 0.15) is 59.3 Å². The van der Waals surface area contributed by atoms with Crippen molar-refractivity contribution in [3.05, 3.63) is 61.2 Å². The van der Waals surface area contributed by atoms with Gasteiger partial charge in [0.25, 0.3) is 0 Å². The zero-order valence-corrected chi connectivity index (χ0v) is 23.2. The van der Waals surface area contributed by atoms with Crippen molar-refractivity contribution >= 4 is 27.6 Å². The van der Waals surface area contributed by atoms with Gasteiger partial charge in [-0.2, -0.15) is 0 Å². The summed E-state index contributed by atoms with van der Waals surface area (Å²) in [4.78, 5) is 4.94. The summed E-state index contributed by atoms with van der Waals surface area (Å²) in [5.74, 6) is 0. The van der Waals surface area contributed by atoms with Crippen LogP contribution in [-0.2, 0) is 0 Å². The van der Waals surface area contributed by atoms with Crippen molar-refractivity contribution < 1.29 is 0 Å². The van der Waals surface area contributed by atoms with Gasteiger partial charge in [0.1, 0.15) is 0 Å². The Balaban J connectivity index is 1.66. The van der Waals surface area contributed by atoms with Crippen LogP contribution in [0.25, 0.3) is 22.6 Å². The van der Waals surface area contributed by atoms with E-state index in [0.29, 0.717) is 0 Å². The molecule has 0 aliphatic heterocycles. The number of nitrogens with zero attached hydrogens (tertiary/aromatic N) is 5. The standard InChI is InChI=1S/C15H10N5.3C4H9.Sn/c1-2-9-19-11-14(17-15(19)3-1)12-4-6-13(7-5-12)20-10-8-16-18-20;3*1-3-4-2;/h1,3-11H;3*1,3-4H2,2H3;. The van der Waals surface area contributed by atoms with Gasteiger partial charge in [-0.15, -0.1) is 0 Å². The summed E-state index contributed by atoms with van der Waals surface area (Å²) in [5.41, 5.74) is 4.19. The van der Waals surface area contributed by atoms with Crippen LogP contribution in [-0.4, -0.2) is 42.8 Å². The van der Waals surface area contributed by atoms with E-state index in [4.69, 9.17) is 4.98 Å². The van der Waals surface area contributed by atoms with Gasteiger partial charge in [-0.3, -0.25) is 0 Å². The molecular formula is C27H37N5Sn. The van der Waals surface area contributed by atoms with Crippen LogP contribution in [0, 0.1) is 0 Å². The predicted molar refractivity (Wildman–Crippen MR) is 140 cm³/mol. The molecule has 174 valence electrons. The summed E-state index contributed by atoms with van der Waals surface area (Å²) in [7, 11) is 0. The number of aromatic nitrogens is 5. The number of rotatable bonds is 12. The number of pyridine rings is 1. The van der Waals surface area contributed by atoms with Crippen LogP contribution in [0.5, 0.6) is 0 Å². The Labute approximate surface area is 202 Å². The fraction of sp³-hybridized carbons (Fsp3) is 0.444. The van der Waals surface area contributed by atoms with Crippen LogP contribution in [0.15, 0.2) is 61.2 Å². The Morgan fingerprint density at radius 1 is 0.788 bits per heavy atom. The number of hydrogen-bond acceptors (Lipinski definition) is 3. The minimum absolute atomic E-state index is 1.00. The number of unbranched alkanes of at least 4 members (excludes halogenated alkanes) is 3. The second-order valence-corrected chi connectivity index (χ2v) is 22.5. The van der Waals surface area contributed by atoms with Gasteiger partial charge < -0.3 is 0 Å². The summed E-state index contributed by atoms with van der Waals surface area (Å²) in [6.07, 6.45) is 16.3. The normalized spacial score (nSPS) is 12.0. The molecule has 0 unspecified atom stereocenters. The first-order chi connectivity index (χ1) is 16.2. The number of benzene rings is 1. The maximum atomic E-state index is 4.94. The third kappa shape index (κ3) is 5.50. The molecule has 0 bridgehead atoms. The first kappa shape index (κ1) is 24.0. The number of fused-ring (bicyclic) bond motifs is 1. The molecule has 0 saturated carbocycles. The molecule has 0 radical (unpaired) electrons. The summed E-state index contributed by atoms with van der Waals surface area (Å²) in [6, 6.07) is 13.1. The summed E-state index contributed by atoms with van der Waals surface area (Å²) >= 11 is -2.45. The molecule has 1 aromatic carbocycles. The van der Waals surface area contributed by atoms with Gasteiger partial charge in [0.2, 0.25) is 0 Å². The van der Waals surface area contributed by atoms with Crippen molar-refractivity contribution in [3.63, 3.8) is 0 Å². The molecule has 0 N–H and O–H groups in total. The van der Waals surface area contributed by atoms with E-state index in [-0.39, 0.29) is 0 Å². The second-order valence-electron chi connectivity index (χ2n) is 9.29. The third-order valence-corrected chi connectivity index (χ3v) is 22.5. The maximum absolute atomic E-state index is 4.94. The van der Waals surface area contributed by atoms with Crippen molar-refractivity contribution in [2.24, 2.45) is 0 Å². The monoisotopic (exact) mass is 551 g/mol. The molecule has 0 fully saturated rings. The summed E-state index contributed by atoms with van der Waals surface area (Å²) in [5, 5.41) is 7.97. The predicted octanol–water partition coefficient (Wildman–Crippen LogP) is 6.64. The van der Waals surface area contributed by atoms with Crippen molar-refractivity contribution in [2.45, 2.75) is 72.6 Å². The Morgan fingerprint density at radius 2 is 1.45 bits per heavy atom. The van der Waals surface area contributed by atoms with Gasteiger partial charge >= 0.3 is 203 Å². The van der Waals surface area contributed by atoms with Crippen molar-refractivity contribution in [1.29, 1.82) is 0 Å². The molecule has 4 aromatic rings. The zero-order valence-electron chi connectivity index (χ0n) is 20.4. The van der Waals surface area contributed by atoms with Crippen LogP contribution in [0.2, 0.25) is 13.3 Å². The van der Waals surface area contributed by atoms with E-state index in [1.807, 2.05) is 6.20 Å². The molecule has 4 rings (SSSR count). The van der Waals surface area contributed by atoms with Crippen molar-refractivity contribution in [2.75, 3.05) is 0 Å². The van der Waals surface area contributed by atoms with Gasteiger partial charge in [0.05, 0.1) is 0 Å². The molecule has 3 aromatic heterocycles. The van der Waals surface area contributed by atoms with Crippen LogP contribution in [0.4, 0.5) is 0 Å². The van der Waals surface area contributed by atoms with Gasteiger partial charge in [0.15, 0.2) is 0 Å². The Bertz CT molecular complexity index is 1110. The van der Waals surface area contributed by atoms with Crippen LogP contribution >= 0.6 is 0 Å². The van der Waals surface area contributed by atoms with Gasteiger partial charge in [0, 0.05) is 0 Å². The molecule has 33 heavy (non-hydrogen) atoms. The average Bonchev–Trinajstić information content (AvgIpc) is 3.54. The fourth-order valence-electron chi connectivity index (χ4n) is 4.93. The molecule has 0 atom stereocenters. The molecule has 5 nitrogen and oxygen atoms in total. The van der Waals surface area contributed by atoms with Crippen molar-refractivity contribution in [1.82, 2.24) is 24.4 Å². The van der Waals surface area contributed by atoms with E-state index in [1.165, 1.54) is 51.8 Å². The number of hydrogen-bond donors (Lipinski definition) is 0. The molecule has 6 heteroatoms. The Hall–Kier alpha value is -2.15. The molecule has 0 aliphatic carbocycles. The van der Waals surface area contributed by atoms with E-state index >= 15 is 0 Å². The van der Waals surface area contributed by atoms with E-state index in [9.17, 15) is 0 Å². The van der Waals surface area contributed by atoms with Crippen LogP contribution < -0.4 is 3.58 Å². The Morgan fingerprint density at radius 3 is 2.03 bits per heavy atom. The molecule has 0 aliphatic rings. The Kier molecular flexibility index (Phi) is 8.23. The first-order valence-electron chi connectivity index (χ1n) is 12.7. The molecular weight excluding hydrogens is 513 g/mol.